The summed E-state index contributed by atoms with van der Waals surface area (Å²) < 4.78 is 1.60. The minimum Gasteiger partial charge on any atom is -0.336 e. The molecule has 3 aromatic heterocycles. The second-order valence-electron chi connectivity index (χ2n) is 9.41. The molecule has 37 heavy (non-hydrogen) atoms. The lowest BCUT2D eigenvalue weighted by Gasteiger charge is -2.16. The summed E-state index contributed by atoms with van der Waals surface area (Å²) in [5.74, 6) is 0.821. The molecule has 0 bridgehead atoms. The molecular formula is C28H28N6O2S. The number of hydrogen-bond donors (Lipinski definition) is 1. The fourth-order valence-electron chi connectivity index (χ4n) is 4.38. The molecule has 0 aliphatic heterocycles. The van der Waals surface area contributed by atoms with E-state index in [2.05, 4.69) is 34.9 Å². The van der Waals surface area contributed by atoms with Crippen LogP contribution >= 0.6 is 11.3 Å². The van der Waals surface area contributed by atoms with Crippen LogP contribution in [0.25, 0.3) is 22.6 Å². The second kappa shape index (κ2) is 10.1. The molecule has 0 saturated heterocycles. The van der Waals surface area contributed by atoms with Crippen molar-refractivity contribution in [2.24, 2.45) is 0 Å². The van der Waals surface area contributed by atoms with Crippen molar-refractivity contribution in [1.82, 2.24) is 29.4 Å². The van der Waals surface area contributed by atoms with Gasteiger partial charge in [0.05, 0.1) is 30.0 Å². The number of carbonyl (C=O) groups excluding carboxylic acids is 1. The number of amides is 1. The largest absolute Gasteiger partial charge is 0.336 e. The molecule has 0 unspecified atom stereocenters. The number of aromatic amines is 1. The van der Waals surface area contributed by atoms with Crippen LogP contribution in [-0.4, -0.2) is 42.4 Å². The molecule has 8 nitrogen and oxygen atoms in total. The molecule has 0 aliphatic rings. The van der Waals surface area contributed by atoms with E-state index in [4.69, 9.17) is 4.98 Å². The summed E-state index contributed by atoms with van der Waals surface area (Å²) in [5, 5.41) is 2.95. The zero-order valence-electron chi connectivity index (χ0n) is 21.2. The third kappa shape index (κ3) is 5.08. The maximum atomic E-state index is 12.9. The molecule has 1 N–H and O–H groups in total. The van der Waals surface area contributed by atoms with Gasteiger partial charge in [-0.15, -0.1) is 11.3 Å². The van der Waals surface area contributed by atoms with Crippen molar-refractivity contribution in [3.8, 4) is 11.4 Å². The number of benzene rings is 2. The number of H-pyrrole nitrogens is 1. The van der Waals surface area contributed by atoms with Gasteiger partial charge in [-0.25, -0.2) is 19.7 Å². The van der Waals surface area contributed by atoms with Crippen molar-refractivity contribution in [2.45, 2.75) is 39.8 Å². The summed E-state index contributed by atoms with van der Waals surface area (Å²) in [6, 6.07) is 15.4. The van der Waals surface area contributed by atoms with Crippen molar-refractivity contribution in [3.05, 3.63) is 98.0 Å². The van der Waals surface area contributed by atoms with E-state index < -0.39 is 0 Å². The van der Waals surface area contributed by atoms with E-state index in [-0.39, 0.29) is 11.6 Å². The van der Waals surface area contributed by atoms with E-state index in [1.165, 1.54) is 0 Å². The van der Waals surface area contributed by atoms with Crippen LogP contribution in [0.5, 0.6) is 0 Å². The molecule has 0 aliphatic carbocycles. The van der Waals surface area contributed by atoms with Crippen molar-refractivity contribution < 1.29 is 4.79 Å². The van der Waals surface area contributed by atoms with Gasteiger partial charge in [0.2, 0.25) is 0 Å². The van der Waals surface area contributed by atoms with Crippen molar-refractivity contribution >= 4 is 28.4 Å². The predicted octanol–water partition coefficient (Wildman–Crippen LogP) is 5.00. The Morgan fingerprint density at radius 2 is 1.86 bits per heavy atom. The summed E-state index contributed by atoms with van der Waals surface area (Å²) in [6.07, 6.45) is 1.66. The van der Waals surface area contributed by atoms with Gasteiger partial charge in [-0.2, -0.15) is 0 Å². The highest BCUT2D eigenvalue weighted by Crippen LogP contribution is 2.27. The zero-order chi connectivity index (χ0) is 26.1. The zero-order valence-corrected chi connectivity index (χ0v) is 22.0. The minimum atomic E-state index is -0.253. The Morgan fingerprint density at radius 3 is 2.57 bits per heavy atom. The van der Waals surface area contributed by atoms with Crippen molar-refractivity contribution in [1.29, 1.82) is 0 Å². The molecule has 1 amide bonds. The van der Waals surface area contributed by atoms with Crippen LogP contribution in [0.1, 0.15) is 52.0 Å². The fourth-order valence-corrected chi connectivity index (χ4v) is 4.98. The molecule has 3 heterocycles. The Hall–Kier alpha value is -4.11. The van der Waals surface area contributed by atoms with Gasteiger partial charge in [-0.3, -0.25) is 9.36 Å². The summed E-state index contributed by atoms with van der Waals surface area (Å²) in [6.45, 7) is 7.00. The van der Waals surface area contributed by atoms with E-state index in [0.29, 0.717) is 41.6 Å². The molecule has 0 atom stereocenters. The number of nitrogens with zero attached hydrogens (tertiary/aromatic N) is 5. The van der Waals surface area contributed by atoms with Crippen molar-refractivity contribution in [3.63, 3.8) is 0 Å². The SMILES string of the molecule is Cc1nc(CN(C)C(=O)c2ccc(Cn3c(=O)[nH]c4cnc(-c5ccccc5C(C)C)nc43)cc2)cs1. The minimum absolute atomic E-state index is 0.0809. The van der Waals surface area contributed by atoms with Gasteiger partial charge in [0.15, 0.2) is 11.5 Å². The Balaban J connectivity index is 1.39. The quantitative estimate of drug-likeness (QED) is 0.331. The number of rotatable bonds is 7. The first-order valence-corrected chi connectivity index (χ1v) is 13.0. The van der Waals surface area contributed by atoms with Gasteiger partial charge in [-0.05, 0) is 36.1 Å². The first-order chi connectivity index (χ1) is 17.8. The lowest BCUT2D eigenvalue weighted by molar-refractivity contribution is 0.0783. The van der Waals surface area contributed by atoms with Crippen LogP contribution in [-0.2, 0) is 13.1 Å². The number of carbonyl (C=O) groups is 1. The number of nitrogens with one attached hydrogen (secondary N) is 1. The van der Waals surface area contributed by atoms with Crippen LogP contribution in [0.3, 0.4) is 0 Å². The molecule has 5 aromatic rings. The molecule has 188 valence electrons. The number of imidazole rings is 1. The standard InChI is InChI=1S/C28H28N6O2S/c1-17(2)22-7-5-6-8-23(22)25-29-13-24-26(32-25)34(28(36)31-24)14-19-9-11-20(12-10-19)27(35)33(4)15-21-16-37-18(3)30-21/h5-13,16-17H,14-15H2,1-4H3,(H,31,36). The summed E-state index contributed by atoms with van der Waals surface area (Å²) in [4.78, 5) is 43.9. The highest BCUT2D eigenvalue weighted by atomic mass is 32.1. The van der Waals surface area contributed by atoms with Gasteiger partial charge in [-0.1, -0.05) is 50.2 Å². The smallest absolute Gasteiger partial charge is 0.328 e. The highest BCUT2D eigenvalue weighted by molar-refractivity contribution is 7.09. The number of aromatic nitrogens is 5. The monoisotopic (exact) mass is 512 g/mol. The summed E-state index contributed by atoms with van der Waals surface area (Å²) in [5.41, 5.74) is 5.34. The molecule has 9 heteroatoms. The van der Waals surface area contributed by atoms with E-state index in [1.54, 1.807) is 46.2 Å². The summed E-state index contributed by atoms with van der Waals surface area (Å²) >= 11 is 1.57. The van der Waals surface area contributed by atoms with Gasteiger partial charge in [0.25, 0.3) is 5.91 Å². The fraction of sp³-hybridized carbons (Fsp3) is 0.250. The highest BCUT2D eigenvalue weighted by Gasteiger charge is 2.16. The normalized spacial score (nSPS) is 11.4. The van der Waals surface area contributed by atoms with Gasteiger partial charge >= 0.3 is 5.69 Å². The van der Waals surface area contributed by atoms with E-state index in [9.17, 15) is 9.59 Å². The van der Waals surface area contributed by atoms with Crippen LogP contribution in [0.15, 0.2) is 64.9 Å². The maximum absolute atomic E-state index is 12.9. The predicted molar refractivity (Wildman–Crippen MR) is 146 cm³/mol. The number of fused-ring (bicyclic) bond motifs is 1. The van der Waals surface area contributed by atoms with Crippen LogP contribution in [0.2, 0.25) is 0 Å². The van der Waals surface area contributed by atoms with Crippen molar-refractivity contribution in [2.75, 3.05) is 7.05 Å². The molecule has 0 spiro atoms. The number of thiazole rings is 1. The Kier molecular flexibility index (Phi) is 6.71. The topological polar surface area (TPSA) is 96.8 Å². The third-order valence-corrected chi connectivity index (χ3v) is 7.11. The molecule has 0 saturated carbocycles. The maximum Gasteiger partial charge on any atom is 0.328 e. The van der Waals surface area contributed by atoms with E-state index in [1.807, 2.05) is 42.6 Å². The molecule has 5 rings (SSSR count). The Morgan fingerprint density at radius 1 is 1.11 bits per heavy atom. The summed E-state index contributed by atoms with van der Waals surface area (Å²) in [7, 11) is 1.77. The number of hydrogen-bond acceptors (Lipinski definition) is 6. The first kappa shape index (κ1) is 24.6. The average molecular weight is 513 g/mol. The molecule has 2 aromatic carbocycles. The van der Waals surface area contributed by atoms with E-state index >= 15 is 0 Å². The van der Waals surface area contributed by atoms with E-state index in [0.717, 1.165) is 27.4 Å². The van der Waals surface area contributed by atoms with Gasteiger partial charge in [0, 0.05) is 23.6 Å². The third-order valence-electron chi connectivity index (χ3n) is 6.29. The molecular weight excluding hydrogens is 484 g/mol. The molecule has 0 fully saturated rings. The first-order valence-electron chi connectivity index (χ1n) is 12.1. The van der Waals surface area contributed by atoms with Gasteiger partial charge < -0.3 is 9.88 Å². The molecule has 0 radical (unpaired) electrons. The number of aryl methyl sites for hydroxylation is 1. The lowest BCUT2D eigenvalue weighted by Crippen LogP contribution is -2.26. The Bertz CT molecular complexity index is 1630. The van der Waals surface area contributed by atoms with Crippen LogP contribution in [0.4, 0.5) is 0 Å². The second-order valence-corrected chi connectivity index (χ2v) is 10.5. The lowest BCUT2D eigenvalue weighted by atomic mass is 9.97. The van der Waals surface area contributed by atoms with Crippen LogP contribution < -0.4 is 5.69 Å². The van der Waals surface area contributed by atoms with Gasteiger partial charge in [0.1, 0.15) is 5.52 Å². The Labute approximate surface area is 218 Å². The van der Waals surface area contributed by atoms with Crippen LogP contribution in [0, 0.1) is 6.92 Å². The average Bonchev–Trinajstić information content (AvgIpc) is 3.45.